The molecular formula is C18H18O. The van der Waals surface area contributed by atoms with Gasteiger partial charge in [0.25, 0.3) is 0 Å². The van der Waals surface area contributed by atoms with E-state index in [2.05, 4.69) is 12.1 Å². The van der Waals surface area contributed by atoms with Crippen LogP contribution < -0.4 is 0 Å². The van der Waals surface area contributed by atoms with Crippen molar-refractivity contribution in [1.29, 1.82) is 0 Å². The zero-order valence-electron chi connectivity index (χ0n) is 11.2. The van der Waals surface area contributed by atoms with E-state index in [0.717, 1.165) is 17.6 Å². The third-order valence-corrected chi connectivity index (χ3v) is 3.11. The van der Waals surface area contributed by atoms with Crippen molar-refractivity contribution in [3.8, 4) is 0 Å². The van der Waals surface area contributed by atoms with E-state index in [4.69, 9.17) is 0 Å². The molecule has 0 fully saturated rings. The van der Waals surface area contributed by atoms with Crippen molar-refractivity contribution in [1.82, 2.24) is 0 Å². The Morgan fingerprint density at radius 1 is 0.947 bits per heavy atom. The summed E-state index contributed by atoms with van der Waals surface area (Å²) in [4.78, 5) is 11.9. The summed E-state index contributed by atoms with van der Waals surface area (Å²) in [7, 11) is 0. The van der Waals surface area contributed by atoms with Gasteiger partial charge >= 0.3 is 0 Å². The van der Waals surface area contributed by atoms with Crippen LogP contribution in [-0.2, 0) is 11.2 Å². The van der Waals surface area contributed by atoms with E-state index in [0.29, 0.717) is 6.42 Å². The molecule has 2 aromatic carbocycles. The van der Waals surface area contributed by atoms with Crippen LogP contribution in [0.15, 0.2) is 66.7 Å². The van der Waals surface area contributed by atoms with Gasteiger partial charge in [0.1, 0.15) is 0 Å². The van der Waals surface area contributed by atoms with Crippen LogP contribution in [-0.4, -0.2) is 5.78 Å². The van der Waals surface area contributed by atoms with Crippen molar-refractivity contribution in [2.24, 2.45) is 0 Å². The molecule has 0 aromatic heterocycles. The Labute approximate surface area is 114 Å². The number of allylic oxidation sites excluding steroid dienone is 2. The molecular weight excluding hydrogens is 232 g/mol. The predicted molar refractivity (Wildman–Crippen MR) is 79.9 cm³/mol. The smallest absolute Gasteiger partial charge is 0.156 e. The molecule has 96 valence electrons. The number of benzene rings is 2. The largest absolute Gasteiger partial charge is 0.295 e. The summed E-state index contributed by atoms with van der Waals surface area (Å²) in [6.45, 7) is 1.98. The van der Waals surface area contributed by atoms with Crippen molar-refractivity contribution in [3.63, 3.8) is 0 Å². The Morgan fingerprint density at radius 3 is 2.16 bits per heavy atom. The number of hydrogen-bond donors (Lipinski definition) is 0. The van der Waals surface area contributed by atoms with Crippen LogP contribution in [0.1, 0.15) is 24.5 Å². The quantitative estimate of drug-likeness (QED) is 0.723. The van der Waals surface area contributed by atoms with Crippen LogP contribution >= 0.6 is 0 Å². The maximum atomic E-state index is 11.9. The maximum absolute atomic E-state index is 11.9. The van der Waals surface area contributed by atoms with Gasteiger partial charge in [-0.3, -0.25) is 4.79 Å². The molecule has 0 saturated heterocycles. The highest BCUT2D eigenvalue weighted by Gasteiger charge is 2.01. The first kappa shape index (κ1) is 13.3. The summed E-state index contributed by atoms with van der Waals surface area (Å²) < 4.78 is 0. The van der Waals surface area contributed by atoms with E-state index in [9.17, 15) is 4.79 Å². The summed E-state index contributed by atoms with van der Waals surface area (Å²) in [5, 5.41) is 0. The Bertz CT molecular complexity index is 553. The second-order valence-corrected chi connectivity index (χ2v) is 4.65. The zero-order chi connectivity index (χ0) is 13.5. The highest BCUT2D eigenvalue weighted by Crippen LogP contribution is 2.13. The van der Waals surface area contributed by atoms with Gasteiger partial charge in [0, 0.05) is 6.42 Å². The lowest BCUT2D eigenvalue weighted by Crippen LogP contribution is -1.97. The first-order valence-corrected chi connectivity index (χ1v) is 6.56. The number of hydrogen-bond acceptors (Lipinski definition) is 1. The Hall–Kier alpha value is -2.15. The average Bonchev–Trinajstić information content (AvgIpc) is 2.47. The molecule has 0 aliphatic rings. The molecule has 0 N–H and O–H groups in total. The lowest BCUT2D eigenvalue weighted by Gasteiger charge is -2.02. The summed E-state index contributed by atoms with van der Waals surface area (Å²) in [6.07, 6.45) is 3.12. The molecule has 1 heteroatoms. The third kappa shape index (κ3) is 4.22. The first-order valence-electron chi connectivity index (χ1n) is 6.56. The molecule has 0 spiro atoms. The Kier molecular flexibility index (Phi) is 4.68. The molecule has 0 heterocycles. The molecule has 0 atom stereocenters. The van der Waals surface area contributed by atoms with Crippen LogP contribution in [0.25, 0.3) is 5.57 Å². The molecule has 0 amide bonds. The molecule has 0 unspecified atom stereocenters. The fraction of sp³-hybridized carbons (Fsp3) is 0.167. The van der Waals surface area contributed by atoms with E-state index >= 15 is 0 Å². The number of rotatable bonds is 5. The van der Waals surface area contributed by atoms with Crippen molar-refractivity contribution < 1.29 is 4.79 Å². The Morgan fingerprint density at radius 2 is 1.53 bits per heavy atom. The van der Waals surface area contributed by atoms with Gasteiger partial charge in [-0.2, -0.15) is 0 Å². The Balaban J connectivity index is 1.94. The number of aryl methyl sites for hydroxylation is 1. The number of carbonyl (C=O) groups is 1. The first-order chi connectivity index (χ1) is 9.25. The monoisotopic (exact) mass is 250 g/mol. The third-order valence-electron chi connectivity index (χ3n) is 3.11. The maximum Gasteiger partial charge on any atom is 0.156 e. The fourth-order valence-electron chi connectivity index (χ4n) is 2.01. The van der Waals surface area contributed by atoms with Gasteiger partial charge in [0.15, 0.2) is 5.78 Å². The van der Waals surface area contributed by atoms with E-state index in [1.165, 1.54) is 5.56 Å². The van der Waals surface area contributed by atoms with Crippen molar-refractivity contribution in [3.05, 3.63) is 77.9 Å². The highest BCUT2D eigenvalue weighted by molar-refractivity contribution is 5.96. The molecule has 0 bridgehead atoms. The average molecular weight is 250 g/mol. The normalized spacial score (nSPS) is 11.3. The van der Waals surface area contributed by atoms with E-state index in [-0.39, 0.29) is 5.78 Å². The number of ketones is 1. The van der Waals surface area contributed by atoms with Gasteiger partial charge in [0.2, 0.25) is 0 Å². The molecule has 2 aromatic rings. The lowest BCUT2D eigenvalue weighted by atomic mass is 10.0. The van der Waals surface area contributed by atoms with E-state index in [1.807, 2.05) is 55.5 Å². The summed E-state index contributed by atoms with van der Waals surface area (Å²) in [5.74, 6) is 0.185. The van der Waals surface area contributed by atoms with Gasteiger partial charge in [0.05, 0.1) is 0 Å². The van der Waals surface area contributed by atoms with Crippen molar-refractivity contribution >= 4 is 11.4 Å². The van der Waals surface area contributed by atoms with E-state index < -0.39 is 0 Å². The zero-order valence-corrected chi connectivity index (χ0v) is 11.2. The van der Waals surface area contributed by atoms with Crippen LogP contribution in [0.4, 0.5) is 0 Å². The van der Waals surface area contributed by atoms with Crippen LogP contribution in [0.5, 0.6) is 0 Å². The lowest BCUT2D eigenvalue weighted by molar-refractivity contribution is -0.114. The second kappa shape index (κ2) is 6.69. The van der Waals surface area contributed by atoms with Gasteiger partial charge in [-0.25, -0.2) is 0 Å². The van der Waals surface area contributed by atoms with Crippen LogP contribution in [0.3, 0.4) is 0 Å². The van der Waals surface area contributed by atoms with Crippen molar-refractivity contribution in [2.75, 3.05) is 0 Å². The number of carbonyl (C=O) groups excluding carboxylic acids is 1. The molecule has 2 rings (SSSR count). The minimum Gasteiger partial charge on any atom is -0.295 e. The van der Waals surface area contributed by atoms with Gasteiger partial charge in [-0.15, -0.1) is 0 Å². The summed E-state index contributed by atoms with van der Waals surface area (Å²) >= 11 is 0. The molecule has 0 aliphatic heterocycles. The second-order valence-electron chi connectivity index (χ2n) is 4.65. The van der Waals surface area contributed by atoms with Crippen LogP contribution in [0, 0.1) is 0 Å². The van der Waals surface area contributed by atoms with E-state index in [1.54, 1.807) is 6.08 Å². The predicted octanol–water partition coefficient (Wildman–Crippen LogP) is 4.29. The standard InChI is InChI=1S/C18H18O/c1-15(17-10-6-3-7-11-17)14-18(19)13-12-16-8-4-2-5-9-16/h2-11,14H,12-13H2,1H3/b15-14+. The molecule has 0 radical (unpaired) electrons. The molecule has 19 heavy (non-hydrogen) atoms. The van der Waals surface area contributed by atoms with Gasteiger partial charge < -0.3 is 0 Å². The highest BCUT2D eigenvalue weighted by atomic mass is 16.1. The minimum absolute atomic E-state index is 0.185. The van der Waals surface area contributed by atoms with Gasteiger partial charge in [-0.1, -0.05) is 60.7 Å². The van der Waals surface area contributed by atoms with Crippen molar-refractivity contribution in [2.45, 2.75) is 19.8 Å². The minimum atomic E-state index is 0.185. The van der Waals surface area contributed by atoms with Crippen LogP contribution in [0.2, 0.25) is 0 Å². The summed E-state index contributed by atoms with van der Waals surface area (Å²) in [6, 6.07) is 20.1. The SMILES string of the molecule is C/C(=C\C(=O)CCc1ccccc1)c1ccccc1. The molecule has 0 aliphatic carbocycles. The van der Waals surface area contributed by atoms with Gasteiger partial charge in [-0.05, 0) is 36.1 Å². The summed E-state index contributed by atoms with van der Waals surface area (Å²) in [5.41, 5.74) is 3.34. The fourth-order valence-corrected chi connectivity index (χ4v) is 2.01. The molecule has 1 nitrogen and oxygen atoms in total. The molecule has 0 saturated carbocycles. The topological polar surface area (TPSA) is 17.1 Å².